The number of rotatable bonds is 8. The van der Waals surface area contributed by atoms with Gasteiger partial charge in [0, 0.05) is 19.1 Å². The molecule has 220 valence electrons. The Labute approximate surface area is 245 Å². The minimum Gasteiger partial charge on any atom is -0.404 e. The zero-order valence-electron chi connectivity index (χ0n) is 25.2. The molecule has 2 saturated heterocycles. The first-order chi connectivity index (χ1) is 19.5. The number of hydrogen-bond acceptors (Lipinski definition) is 4. The van der Waals surface area contributed by atoms with Gasteiger partial charge in [0.15, 0.2) is 0 Å². The van der Waals surface area contributed by atoms with Crippen LogP contribution in [0, 0.1) is 29.7 Å². The lowest BCUT2D eigenvalue weighted by atomic mass is 9.43. The molecule has 8 nitrogen and oxygen atoms in total. The highest BCUT2D eigenvalue weighted by Crippen LogP contribution is 2.65. The molecule has 2 heterocycles. The number of nitrogens with one attached hydrogen (secondary N) is 2. The third-order valence-corrected chi connectivity index (χ3v) is 10.1. The number of hydrogen-bond donors (Lipinski definition) is 2. The molecule has 2 aliphatic heterocycles. The molecule has 0 aromatic heterocycles. The first kappa shape index (κ1) is 29.7. The highest BCUT2D eigenvalue weighted by atomic mass is 16.7. The number of benzene rings is 1. The lowest BCUT2D eigenvalue weighted by Gasteiger charge is -2.64. The first-order valence-electron chi connectivity index (χ1n) is 15.3. The maximum absolute atomic E-state index is 13.3. The van der Waals surface area contributed by atoms with Gasteiger partial charge in [0.2, 0.25) is 5.70 Å². The van der Waals surface area contributed by atoms with Crippen molar-refractivity contribution in [2.24, 2.45) is 23.2 Å². The van der Waals surface area contributed by atoms with Crippen molar-refractivity contribution < 1.29 is 18.9 Å². The Hall–Kier alpha value is -2.83. The van der Waals surface area contributed by atoms with Crippen LogP contribution in [0.4, 0.5) is 4.79 Å². The summed E-state index contributed by atoms with van der Waals surface area (Å²) in [5, 5.41) is 6.19. The third-order valence-electron chi connectivity index (χ3n) is 10.1. The fourth-order valence-corrected chi connectivity index (χ4v) is 7.68. The van der Waals surface area contributed by atoms with Gasteiger partial charge in [-0.3, -0.25) is 4.79 Å². The predicted molar refractivity (Wildman–Crippen MR) is 159 cm³/mol. The summed E-state index contributed by atoms with van der Waals surface area (Å²) in [6.45, 7) is 19.2. The molecule has 6 atom stereocenters. The van der Waals surface area contributed by atoms with E-state index in [9.17, 15) is 9.59 Å². The van der Waals surface area contributed by atoms with E-state index in [2.05, 4.69) is 48.4 Å². The summed E-state index contributed by atoms with van der Waals surface area (Å²) in [5.41, 5.74) is 1.14. The average Bonchev–Trinajstić information content (AvgIpc) is 3.32. The number of likely N-dealkylation sites (tertiary alicyclic amines) is 1. The second-order valence-electron chi connectivity index (χ2n) is 13.5. The number of carbonyl (C=O) groups is 2. The number of nitrogens with zero attached hydrogens (tertiary/aromatic N) is 2. The van der Waals surface area contributed by atoms with Gasteiger partial charge in [-0.05, 0) is 74.2 Å². The Morgan fingerprint density at radius 1 is 1.20 bits per heavy atom. The van der Waals surface area contributed by atoms with E-state index in [0.717, 1.165) is 31.2 Å². The first-order valence-corrected chi connectivity index (χ1v) is 15.3. The topological polar surface area (TPSA) is 84.3 Å². The van der Waals surface area contributed by atoms with E-state index in [1.54, 1.807) is 11.0 Å². The van der Waals surface area contributed by atoms with Gasteiger partial charge in [-0.1, -0.05) is 64.1 Å². The van der Waals surface area contributed by atoms with Gasteiger partial charge in [-0.2, -0.15) is 0 Å². The summed E-state index contributed by atoms with van der Waals surface area (Å²) in [6, 6.07) is 9.65. The molecule has 5 fully saturated rings. The molecular formula is C32H45BN4O4. The van der Waals surface area contributed by atoms with Crippen LogP contribution < -0.4 is 10.6 Å². The third kappa shape index (κ3) is 5.92. The number of carbonyl (C=O) groups excluding carboxylic acids is 2. The summed E-state index contributed by atoms with van der Waals surface area (Å²) in [6.07, 6.45) is 7.18. The second kappa shape index (κ2) is 11.8. The predicted octanol–water partition coefficient (Wildman–Crippen LogP) is 5.00. The van der Waals surface area contributed by atoms with Crippen LogP contribution in [0.25, 0.3) is 4.85 Å². The summed E-state index contributed by atoms with van der Waals surface area (Å²) >= 11 is 0. The van der Waals surface area contributed by atoms with Gasteiger partial charge in [0.25, 0.3) is 5.91 Å². The van der Waals surface area contributed by atoms with Crippen molar-refractivity contribution in [1.82, 2.24) is 15.5 Å². The molecule has 3 saturated carbocycles. The quantitative estimate of drug-likeness (QED) is 0.266. The van der Waals surface area contributed by atoms with E-state index in [-0.39, 0.29) is 52.7 Å². The molecule has 5 aliphatic rings. The summed E-state index contributed by atoms with van der Waals surface area (Å²) < 4.78 is 13.3. The maximum atomic E-state index is 13.3. The molecule has 0 spiro atoms. The molecule has 3 aliphatic carbocycles. The molecule has 0 radical (unpaired) electrons. The largest absolute Gasteiger partial charge is 0.482 e. The monoisotopic (exact) mass is 560 g/mol. The molecular weight excluding hydrogens is 515 g/mol. The summed E-state index contributed by atoms with van der Waals surface area (Å²) in [4.78, 5) is 31.8. The molecule has 2 N–H and O–H groups in total. The Kier molecular flexibility index (Phi) is 8.55. The van der Waals surface area contributed by atoms with E-state index in [0.29, 0.717) is 31.3 Å². The van der Waals surface area contributed by atoms with Gasteiger partial charge in [-0.25, -0.2) is 9.64 Å². The van der Waals surface area contributed by atoms with Gasteiger partial charge < -0.3 is 24.8 Å². The molecule has 41 heavy (non-hydrogen) atoms. The normalized spacial score (nSPS) is 31.1. The molecule has 9 heteroatoms. The number of piperidine rings is 1. The number of amides is 3. The van der Waals surface area contributed by atoms with Crippen molar-refractivity contribution in [1.29, 1.82) is 0 Å². The maximum Gasteiger partial charge on any atom is 0.482 e. The Morgan fingerprint density at radius 3 is 2.63 bits per heavy atom. The van der Waals surface area contributed by atoms with Gasteiger partial charge in [0.05, 0.1) is 24.2 Å². The average molecular weight is 561 g/mol. The Bertz CT molecular complexity index is 1200. The van der Waals surface area contributed by atoms with Crippen molar-refractivity contribution in [3.05, 3.63) is 59.1 Å². The fourth-order valence-electron chi connectivity index (χ4n) is 7.68. The SMILES string of the molecule is [C-]#[N+]C(=CC(C)C)C(=O)N1CCCC[C@H]1CNC(=O)N[C@@H](Cc1ccccc1)B1O[C@@H]2C[C@@H]3C[C@@H](C3(C)C)[C@]2(C)O1. The van der Waals surface area contributed by atoms with Gasteiger partial charge in [-0.15, -0.1) is 0 Å². The van der Waals surface area contributed by atoms with Gasteiger partial charge in [0.1, 0.15) is 0 Å². The van der Waals surface area contributed by atoms with Crippen molar-refractivity contribution in [3.8, 4) is 0 Å². The smallest absolute Gasteiger partial charge is 0.404 e. The standard InChI is InChI=1S/C32H45BN4O4/c1-21(2)16-25(34-6)29(38)37-15-11-10-14-24(37)20-35-30(39)36-28(17-22-12-8-7-9-13-22)33-40-27-19-23-18-26(31(23,3)4)32(27,5)41-33/h7-9,12-13,16,21,23-24,26-28H,10-11,14-15,17-20H2,1-5H3,(H2,35,36,39)/t23-,24-,26-,27+,28-,32-/m0/s1. The highest BCUT2D eigenvalue weighted by molar-refractivity contribution is 6.48. The number of allylic oxidation sites excluding steroid dienone is 1. The van der Waals surface area contributed by atoms with Crippen LogP contribution in [0.5, 0.6) is 0 Å². The zero-order valence-corrected chi connectivity index (χ0v) is 25.2. The minimum atomic E-state index is -0.541. The molecule has 3 amide bonds. The molecule has 1 aromatic rings. The van der Waals surface area contributed by atoms with E-state index in [4.69, 9.17) is 15.9 Å². The van der Waals surface area contributed by atoms with E-state index >= 15 is 0 Å². The molecule has 1 aromatic carbocycles. The molecule has 2 bridgehead atoms. The van der Waals surface area contributed by atoms with Crippen molar-refractivity contribution in [2.45, 2.75) is 96.8 Å². The van der Waals surface area contributed by atoms with Gasteiger partial charge >= 0.3 is 13.1 Å². The van der Waals surface area contributed by atoms with Crippen LogP contribution in [-0.2, 0) is 20.5 Å². The van der Waals surface area contributed by atoms with Crippen LogP contribution in [0.3, 0.4) is 0 Å². The van der Waals surface area contributed by atoms with Crippen LogP contribution in [0.15, 0.2) is 42.1 Å². The van der Waals surface area contributed by atoms with Crippen molar-refractivity contribution in [3.63, 3.8) is 0 Å². The van der Waals surface area contributed by atoms with E-state index < -0.39 is 7.12 Å². The summed E-state index contributed by atoms with van der Waals surface area (Å²) in [7, 11) is -0.541. The van der Waals surface area contributed by atoms with Crippen LogP contribution >= 0.6 is 0 Å². The molecule has 0 unspecified atom stereocenters. The van der Waals surface area contributed by atoms with Crippen LogP contribution in [0.1, 0.15) is 72.3 Å². The fraction of sp³-hybridized carbons (Fsp3) is 0.656. The van der Waals surface area contributed by atoms with E-state index in [1.165, 1.54) is 6.42 Å². The summed E-state index contributed by atoms with van der Waals surface area (Å²) in [5.74, 6) is 0.589. The van der Waals surface area contributed by atoms with Crippen molar-refractivity contribution in [2.75, 3.05) is 13.1 Å². The minimum absolute atomic E-state index is 0.0322. The second-order valence-corrected chi connectivity index (χ2v) is 13.5. The lowest BCUT2D eigenvalue weighted by molar-refractivity contribution is -0.199. The van der Waals surface area contributed by atoms with Crippen LogP contribution in [0.2, 0.25) is 0 Å². The Balaban J connectivity index is 1.25. The van der Waals surface area contributed by atoms with Crippen LogP contribution in [-0.4, -0.2) is 60.7 Å². The van der Waals surface area contributed by atoms with Crippen molar-refractivity contribution >= 4 is 19.1 Å². The molecule has 6 rings (SSSR count). The van der Waals surface area contributed by atoms with E-state index in [1.807, 2.05) is 32.0 Å². The lowest BCUT2D eigenvalue weighted by Crippen LogP contribution is -2.65. The zero-order chi connectivity index (χ0) is 29.4. The Morgan fingerprint density at radius 2 is 1.95 bits per heavy atom. The number of urea groups is 1. The highest BCUT2D eigenvalue weighted by Gasteiger charge is 2.68.